The van der Waals surface area contributed by atoms with Gasteiger partial charge in [-0.2, -0.15) is 4.39 Å². The Morgan fingerprint density at radius 2 is 1.69 bits per heavy atom. The predicted octanol–water partition coefficient (Wildman–Crippen LogP) is 4.75. The Morgan fingerprint density at radius 1 is 0.944 bits per heavy atom. The highest BCUT2D eigenvalue weighted by molar-refractivity contribution is 6.03. The largest absolute Gasteiger partial charge is 0.497 e. The molecule has 0 radical (unpaired) electrons. The number of ether oxygens (including phenoxy) is 3. The second-order valence-electron chi connectivity index (χ2n) is 13.8. The number of benzene rings is 3. The Morgan fingerprint density at radius 3 is 2.41 bits per heavy atom. The molecule has 3 aliphatic rings. The number of piperazine rings is 1. The van der Waals surface area contributed by atoms with Gasteiger partial charge in [0.2, 0.25) is 11.7 Å². The van der Waals surface area contributed by atoms with Crippen LogP contribution in [0.25, 0.3) is 5.57 Å². The highest BCUT2D eigenvalue weighted by Crippen LogP contribution is 2.37. The van der Waals surface area contributed by atoms with E-state index in [1.165, 1.54) is 0 Å². The lowest BCUT2D eigenvalue weighted by Gasteiger charge is -2.45. The number of aliphatic hydroxyl groups is 1. The van der Waals surface area contributed by atoms with Gasteiger partial charge in [-0.3, -0.25) is 14.4 Å². The highest BCUT2D eigenvalue weighted by atomic mass is 19.2. The van der Waals surface area contributed by atoms with Crippen LogP contribution in [0.4, 0.5) is 13.2 Å². The molecule has 0 aromatic heterocycles. The molecule has 0 spiro atoms. The van der Waals surface area contributed by atoms with Crippen molar-refractivity contribution >= 4 is 23.4 Å². The van der Waals surface area contributed by atoms with Crippen LogP contribution in [-0.4, -0.2) is 102 Å². The fourth-order valence-electron chi connectivity index (χ4n) is 7.08. The van der Waals surface area contributed by atoms with E-state index in [9.17, 15) is 32.7 Å². The van der Waals surface area contributed by atoms with Crippen LogP contribution in [0.15, 0.2) is 66.2 Å². The summed E-state index contributed by atoms with van der Waals surface area (Å²) in [5.74, 6) is -4.73. The van der Waals surface area contributed by atoms with Gasteiger partial charge in [-0.15, -0.1) is 0 Å². The molecule has 0 unspecified atom stereocenters. The SMILES string of the molecule is COc1cccc(OCCN(C(=O)C2=C(c3ccc(CCCOc4c(F)ccc(F)c4F)cc3)C[C@@H]3CN(C(=O)C[C@H](O)CC(=O)O)C[C@H]2N3)C2CC2)c1. The van der Waals surface area contributed by atoms with E-state index in [-0.39, 0.29) is 50.1 Å². The summed E-state index contributed by atoms with van der Waals surface area (Å²) in [6, 6.07) is 15.8. The molecule has 1 saturated heterocycles. The molecule has 3 aromatic rings. The molecule has 2 bridgehead atoms. The Labute approximate surface area is 311 Å². The molecule has 3 atom stereocenters. The molecule has 1 saturated carbocycles. The number of rotatable bonds is 17. The van der Waals surface area contributed by atoms with Crippen molar-refractivity contribution in [2.75, 3.05) is 40.0 Å². The summed E-state index contributed by atoms with van der Waals surface area (Å²) >= 11 is 0. The fraction of sp³-hybridized carbons (Fsp3) is 0.425. The van der Waals surface area contributed by atoms with Crippen LogP contribution < -0.4 is 19.5 Å². The molecule has 2 aliphatic heterocycles. The van der Waals surface area contributed by atoms with Crippen molar-refractivity contribution in [3.63, 3.8) is 0 Å². The van der Waals surface area contributed by atoms with Crippen LogP contribution in [0.2, 0.25) is 0 Å². The topological polar surface area (TPSA) is 138 Å². The van der Waals surface area contributed by atoms with Crippen molar-refractivity contribution in [2.45, 2.75) is 69.2 Å². The number of aryl methyl sites for hydroxylation is 1. The van der Waals surface area contributed by atoms with E-state index in [0.717, 1.165) is 35.6 Å². The van der Waals surface area contributed by atoms with Crippen LogP contribution in [0.1, 0.15) is 49.7 Å². The summed E-state index contributed by atoms with van der Waals surface area (Å²) in [5.41, 5.74) is 3.18. The highest BCUT2D eigenvalue weighted by Gasteiger charge is 2.43. The first-order valence-corrected chi connectivity index (χ1v) is 18.1. The van der Waals surface area contributed by atoms with Crippen molar-refractivity contribution in [3.05, 3.63) is 94.8 Å². The molecular formula is C40H44F3N3O8. The van der Waals surface area contributed by atoms with Crippen molar-refractivity contribution in [3.8, 4) is 17.2 Å². The van der Waals surface area contributed by atoms with E-state index >= 15 is 0 Å². The second kappa shape index (κ2) is 17.4. The molecule has 1 aliphatic carbocycles. The molecule has 3 aromatic carbocycles. The van der Waals surface area contributed by atoms with E-state index in [1.807, 2.05) is 47.4 Å². The van der Waals surface area contributed by atoms with Gasteiger partial charge in [0.05, 0.1) is 45.2 Å². The number of hydrogen-bond donors (Lipinski definition) is 3. The number of amides is 2. The lowest BCUT2D eigenvalue weighted by molar-refractivity contribution is -0.141. The lowest BCUT2D eigenvalue weighted by Crippen LogP contribution is -2.62. The van der Waals surface area contributed by atoms with Gasteiger partial charge in [0, 0.05) is 36.8 Å². The molecule has 2 heterocycles. The third kappa shape index (κ3) is 9.52. The summed E-state index contributed by atoms with van der Waals surface area (Å²) in [5, 5.41) is 22.8. The number of aliphatic hydroxyl groups excluding tert-OH is 1. The maximum Gasteiger partial charge on any atom is 0.305 e. The lowest BCUT2D eigenvalue weighted by atomic mass is 9.82. The molecule has 3 N–H and O–H groups in total. The van der Waals surface area contributed by atoms with Gasteiger partial charge in [-0.25, -0.2) is 8.78 Å². The Hall–Kier alpha value is -5.08. The average Bonchev–Trinajstić information content (AvgIpc) is 3.99. The van der Waals surface area contributed by atoms with Gasteiger partial charge in [-0.1, -0.05) is 30.3 Å². The molecule has 14 heteroatoms. The molecule has 288 valence electrons. The number of methoxy groups -OCH3 is 1. The Kier molecular flexibility index (Phi) is 12.4. The van der Waals surface area contributed by atoms with Crippen LogP contribution in [-0.2, 0) is 20.8 Å². The van der Waals surface area contributed by atoms with Gasteiger partial charge in [-0.05, 0) is 73.1 Å². The number of fused-ring (bicyclic) bond motifs is 2. The van der Waals surface area contributed by atoms with Crippen LogP contribution in [0.3, 0.4) is 0 Å². The Balaban J connectivity index is 1.20. The van der Waals surface area contributed by atoms with E-state index in [4.69, 9.17) is 19.3 Å². The van der Waals surface area contributed by atoms with Gasteiger partial charge in [0.25, 0.3) is 5.91 Å². The standard InChI is InChI=1S/C40H44F3N3O8/c1-52-29-5-2-6-30(21-29)53-17-15-46(27-11-12-27)40(51)37-31(18-26-22-45(23-34(37)44-26)35(48)19-28(47)20-36(49)50)25-9-7-24(8-10-25)4-3-16-54-39-33(42)14-13-32(41)38(39)43/h2,5-10,13-14,21,26-28,34,44,47H,3-4,11-12,15-20,22-23H2,1H3,(H,49,50)/t26-,28+,34-/m1/s1. The zero-order valence-electron chi connectivity index (χ0n) is 29.9. The third-order valence-corrected chi connectivity index (χ3v) is 9.86. The summed E-state index contributed by atoms with van der Waals surface area (Å²) in [6.07, 6.45) is 0.892. The number of hydrogen-bond acceptors (Lipinski definition) is 8. The van der Waals surface area contributed by atoms with Crippen molar-refractivity contribution in [1.82, 2.24) is 15.1 Å². The second-order valence-corrected chi connectivity index (χ2v) is 13.8. The quantitative estimate of drug-likeness (QED) is 0.132. The number of nitrogens with zero attached hydrogens (tertiary/aromatic N) is 2. The van der Waals surface area contributed by atoms with E-state index in [0.29, 0.717) is 55.5 Å². The fourth-order valence-corrected chi connectivity index (χ4v) is 7.08. The summed E-state index contributed by atoms with van der Waals surface area (Å²) in [4.78, 5) is 42.4. The first-order chi connectivity index (χ1) is 26.0. The van der Waals surface area contributed by atoms with Crippen LogP contribution >= 0.6 is 0 Å². The predicted molar refractivity (Wildman–Crippen MR) is 192 cm³/mol. The van der Waals surface area contributed by atoms with Crippen molar-refractivity contribution < 1.29 is 52.0 Å². The number of carbonyl (C=O) groups is 3. The maximum atomic E-state index is 14.7. The van der Waals surface area contributed by atoms with E-state index < -0.39 is 47.7 Å². The van der Waals surface area contributed by atoms with E-state index in [2.05, 4.69) is 5.32 Å². The minimum atomic E-state index is -1.36. The van der Waals surface area contributed by atoms with Gasteiger partial charge in [0.1, 0.15) is 18.1 Å². The molecular weight excluding hydrogens is 707 g/mol. The van der Waals surface area contributed by atoms with Crippen LogP contribution in [0.5, 0.6) is 17.2 Å². The molecule has 54 heavy (non-hydrogen) atoms. The Bertz CT molecular complexity index is 1870. The first-order valence-electron chi connectivity index (χ1n) is 18.1. The number of carbonyl (C=O) groups excluding carboxylic acids is 2. The zero-order valence-corrected chi connectivity index (χ0v) is 29.9. The summed E-state index contributed by atoms with van der Waals surface area (Å²) < 4.78 is 58.0. The number of halogens is 3. The molecule has 2 amide bonds. The average molecular weight is 752 g/mol. The van der Waals surface area contributed by atoms with Gasteiger partial charge in [0.15, 0.2) is 17.4 Å². The minimum Gasteiger partial charge on any atom is -0.497 e. The summed E-state index contributed by atoms with van der Waals surface area (Å²) in [6.45, 7) is 1.05. The number of carboxylic acids is 1. The van der Waals surface area contributed by atoms with Gasteiger partial charge < -0.3 is 39.5 Å². The number of aliphatic carboxylic acids is 1. The zero-order chi connectivity index (χ0) is 38.4. The third-order valence-electron chi connectivity index (χ3n) is 9.86. The van der Waals surface area contributed by atoms with E-state index in [1.54, 1.807) is 18.1 Å². The number of carboxylic acid groups (broad SMARTS) is 1. The smallest absolute Gasteiger partial charge is 0.305 e. The normalized spacial score (nSPS) is 18.6. The van der Waals surface area contributed by atoms with Crippen LogP contribution in [0, 0.1) is 17.5 Å². The van der Waals surface area contributed by atoms with Gasteiger partial charge >= 0.3 is 5.97 Å². The summed E-state index contributed by atoms with van der Waals surface area (Å²) in [7, 11) is 1.57. The molecule has 2 fully saturated rings. The minimum absolute atomic E-state index is 0.0288. The van der Waals surface area contributed by atoms with Crippen molar-refractivity contribution in [2.24, 2.45) is 0 Å². The number of nitrogens with one attached hydrogen (secondary N) is 1. The molecule has 6 rings (SSSR count). The first kappa shape index (κ1) is 38.6. The monoisotopic (exact) mass is 751 g/mol. The van der Waals surface area contributed by atoms with Crippen molar-refractivity contribution in [1.29, 1.82) is 0 Å². The molecule has 11 nitrogen and oxygen atoms in total. The maximum absolute atomic E-state index is 14.7.